The quantitative estimate of drug-likeness (QED) is 0.134. The second-order valence-corrected chi connectivity index (χ2v) is 15.9. The number of fused-ring (bicyclic) bond motifs is 1. The highest BCUT2D eigenvalue weighted by Gasteiger charge is 2.50. The number of halogens is 2. The zero-order valence-electron chi connectivity index (χ0n) is 33.3. The Morgan fingerprint density at radius 1 is 1.02 bits per heavy atom. The van der Waals surface area contributed by atoms with Crippen LogP contribution in [0.3, 0.4) is 0 Å². The van der Waals surface area contributed by atoms with Crippen molar-refractivity contribution in [2.24, 2.45) is 5.92 Å². The van der Waals surface area contributed by atoms with Crippen molar-refractivity contribution in [2.75, 3.05) is 39.5 Å². The average molecular weight is 825 g/mol. The molecular formula is C41H50F2N6O10. The number of benzene rings is 2. The van der Waals surface area contributed by atoms with Gasteiger partial charge in [-0.05, 0) is 68.1 Å². The molecule has 2 saturated heterocycles. The molecule has 3 aliphatic heterocycles. The number of esters is 1. The Labute approximate surface area is 340 Å². The molecule has 0 aromatic heterocycles. The van der Waals surface area contributed by atoms with E-state index in [0.29, 0.717) is 5.56 Å². The van der Waals surface area contributed by atoms with E-state index in [9.17, 15) is 47.9 Å². The number of ether oxygens (including phenoxy) is 3. The molecular weight excluding hydrogens is 774 g/mol. The lowest BCUT2D eigenvalue weighted by atomic mass is 9.99. The molecule has 0 spiro atoms. The van der Waals surface area contributed by atoms with Gasteiger partial charge >= 0.3 is 5.97 Å². The molecule has 0 unspecified atom stereocenters. The fourth-order valence-corrected chi connectivity index (χ4v) is 7.02. The summed E-state index contributed by atoms with van der Waals surface area (Å²) >= 11 is 0. The predicted octanol–water partition coefficient (Wildman–Crippen LogP) is 2.11. The van der Waals surface area contributed by atoms with Crippen molar-refractivity contribution in [3.8, 4) is 11.8 Å². The monoisotopic (exact) mass is 824 g/mol. The number of phenols is 1. The van der Waals surface area contributed by atoms with Gasteiger partial charge in [-0.3, -0.25) is 24.0 Å². The Kier molecular flexibility index (Phi) is 14.6. The van der Waals surface area contributed by atoms with Crippen molar-refractivity contribution in [3.63, 3.8) is 0 Å². The third-order valence-corrected chi connectivity index (χ3v) is 9.95. The highest BCUT2D eigenvalue weighted by Crippen LogP contribution is 2.34. The van der Waals surface area contributed by atoms with Crippen molar-refractivity contribution in [3.05, 3.63) is 64.7 Å². The number of hydrogen-bond donors (Lipinski definition) is 4. The van der Waals surface area contributed by atoms with Gasteiger partial charge in [0.1, 0.15) is 29.5 Å². The summed E-state index contributed by atoms with van der Waals surface area (Å²) in [6.07, 6.45) is -0.821. The van der Waals surface area contributed by atoms with E-state index in [1.807, 2.05) is 0 Å². The summed E-state index contributed by atoms with van der Waals surface area (Å²) in [6.45, 7) is 5.69. The Hall–Kier alpha value is -5.67. The molecule has 0 saturated carbocycles. The molecule has 2 aromatic carbocycles. The van der Waals surface area contributed by atoms with Crippen LogP contribution in [0.4, 0.5) is 8.78 Å². The van der Waals surface area contributed by atoms with E-state index in [2.05, 4.69) is 16.0 Å². The molecule has 0 aliphatic carbocycles. The van der Waals surface area contributed by atoms with Crippen LogP contribution in [0.15, 0.2) is 42.5 Å². The minimum Gasteiger partial charge on any atom is -0.508 e. The summed E-state index contributed by atoms with van der Waals surface area (Å²) in [5.41, 5.74) is 1.98. The van der Waals surface area contributed by atoms with Gasteiger partial charge in [0.2, 0.25) is 23.6 Å². The highest BCUT2D eigenvalue weighted by molar-refractivity contribution is 5.95. The zero-order valence-corrected chi connectivity index (χ0v) is 33.3. The van der Waals surface area contributed by atoms with Crippen LogP contribution in [-0.2, 0) is 57.7 Å². The fourth-order valence-electron chi connectivity index (χ4n) is 7.02. The standard InChI is InChI=1S/C41H50F2N6O10/c1-40(2,3)59-39(56)33(16-25-4-8-31(50)9-5-25)46-34(51)10-12-57-14-15-58-13-11-45-36(53)26-6-7-27-22-48(23-29(27)17-26)35(52)19-28-18-32(47-37(28)54)38(55)49-24-41(42,43)20-30(49)21-44/h4-9,17,28,30,32-33,50H,10-16,18-20,22-24H2,1-3H3,(H,45,53)(H,46,51)(H,47,54)/t28-,30-,32-,33-/m0/s1. The van der Waals surface area contributed by atoms with E-state index < -0.39 is 72.2 Å². The van der Waals surface area contributed by atoms with Crippen LogP contribution in [0.2, 0.25) is 0 Å². The second-order valence-electron chi connectivity index (χ2n) is 15.9. The van der Waals surface area contributed by atoms with Crippen molar-refractivity contribution >= 4 is 35.5 Å². The van der Waals surface area contributed by atoms with Gasteiger partial charge < -0.3 is 45.1 Å². The average Bonchev–Trinajstić information content (AvgIpc) is 3.87. The number of nitriles is 1. The first kappa shape index (κ1) is 44.4. The van der Waals surface area contributed by atoms with Crippen LogP contribution < -0.4 is 16.0 Å². The van der Waals surface area contributed by atoms with Crippen LogP contribution in [0, 0.1) is 17.2 Å². The fraction of sp³-hybridized carbons (Fsp3) is 0.537. The summed E-state index contributed by atoms with van der Waals surface area (Å²) < 4.78 is 44.3. The van der Waals surface area contributed by atoms with Gasteiger partial charge in [0.05, 0.1) is 39.0 Å². The van der Waals surface area contributed by atoms with E-state index in [1.54, 1.807) is 62.1 Å². The van der Waals surface area contributed by atoms with Crippen LogP contribution in [0.25, 0.3) is 0 Å². The van der Waals surface area contributed by atoms with Gasteiger partial charge in [-0.25, -0.2) is 13.6 Å². The topological polar surface area (TPSA) is 217 Å². The summed E-state index contributed by atoms with van der Waals surface area (Å²) in [4.78, 5) is 79.4. The van der Waals surface area contributed by atoms with Crippen LogP contribution in [0.1, 0.15) is 73.5 Å². The van der Waals surface area contributed by atoms with E-state index in [-0.39, 0.29) is 89.3 Å². The minimum atomic E-state index is -3.19. The van der Waals surface area contributed by atoms with Gasteiger partial charge in [-0.2, -0.15) is 5.26 Å². The lowest BCUT2D eigenvalue weighted by molar-refractivity contribution is -0.158. The van der Waals surface area contributed by atoms with Gasteiger partial charge in [-0.1, -0.05) is 18.2 Å². The molecule has 5 rings (SSSR count). The molecule has 3 heterocycles. The zero-order chi connectivity index (χ0) is 42.9. The van der Waals surface area contributed by atoms with Gasteiger partial charge in [0.25, 0.3) is 11.8 Å². The Balaban J connectivity index is 0.960. The Morgan fingerprint density at radius 3 is 2.41 bits per heavy atom. The molecule has 4 N–H and O–H groups in total. The lowest BCUT2D eigenvalue weighted by Gasteiger charge is -2.24. The molecule has 2 aromatic rings. The number of alkyl halides is 2. The third kappa shape index (κ3) is 12.7. The first-order valence-electron chi connectivity index (χ1n) is 19.4. The summed E-state index contributed by atoms with van der Waals surface area (Å²) in [5.74, 6) is -6.87. The van der Waals surface area contributed by atoms with Gasteiger partial charge in [0, 0.05) is 56.8 Å². The van der Waals surface area contributed by atoms with Crippen molar-refractivity contribution < 1.29 is 56.9 Å². The minimum absolute atomic E-state index is 0.00434. The van der Waals surface area contributed by atoms with E-state index in [0.717, 1.165) is 21.6 Å². The number of rotatable bonds is 17. The van der Waals surface area contributed by atoms with Gasteiger partial charge in [-0.15, -0.1) is 0 Å². The first-order chi connectivity index (χ1) is 27.9. The molecule has 0 radical (unpaired) electrons. The van der Waals surface area contributed by atoms with Crippen molar-refractivity contribution in [2.45, 2.75) is 95.6 Å². The van der Waals surface area contributed by atoms with Crippen LogP contribution in [-0.4, -0.2) is 120 Å². The molecule has 2 fully saturated rings. The highest BCUT2D eigenvalue weighted by atomic mass is 19.3. The first-order valence-corrected chi connectivity index (χ1v) is 19.4. The number of likely N-dealkylation sites (tertiary alicyclic amines) is 1. The van der Waals surface area contributed by atoms with Crippen molar-refractivity contribution in [1.82, 2.24) is 25.8 Å². The molecule has 4 atom stereocenters. The molecule has 59 heavy (non-hydrogen) atoms. The van der Waals surface area contributed by atoms with Crippen LogP contribution >= 0.6 is 0 Å². The number of nitrogens with one attached hydrogen (secondary N) is 3. The van der Waals surface area contributed by atoms with Crippen LogP contribution in [0.5, 0.6) is 5.75 Å². The smallest absolute Gasteiger partial charge is 0.329 e. The molecule has 18 heteroatoms. The second kappa shape index (κ2) is 19.4. The SMILES string of the molecule is CC(C)(C)OC(=O)[C@H](Cc1ccc(O)cc1)NC(=O)CCOCCOCCNC(=O)c1ccc2c(c1)CN(C(=O)C[C@@H]1C[C@@H](C(=O)N3CC(F)(F)C[C@H]3C#N)NC1=O)C2. The maximum absolute atomic E-state index is 13.9. The van der Waals surface area contributed by atoms with E-state index in [4.69, 9.17) is 14.2 Å². The number of phenolic OH excluding ortho intramolecular Hbond substituents is 1. The molecule has 0 bridgehead atoms. The molecule has 16 nitrogen and oxygen atoms in total. The summed E-state index contributed by atoms with van der Waals surface area (Å²) in [7, 11) is 0. The number of hydrogen-bond acceptors (Lipinski definition) is 11. The van der Waals surface area contributed by atoms with Gasteiger partial charge in [0.15, 0.2) is 0 Å². The number of nitrogens with zero attached hydrogens (tertiary/aromatic N) is 3. The lowest BCUT2D eigenvalue weighted by Crippen LogP contribution is -2.46. The maximum Gasteiger partial charge on any atom is 0.329 e. The number of carbonyl (C=O) groups excluding carboxylic acids is 6. The van der Waals surface area contributed by atoms with E-state index >= 15 is 0 Å². The molecule has 5 amide bonds. The summed E-state index contributed by atoms with van der Waals surface area (Å²) in [6, 6.07) is 9.82. The largest absolute Gasteiger partial charge is 0.508 e. The third-order valence-electron chi connectivity index (χ3n) is 9.95. The van der Waals surface area contributed by atoms with E-state index in [1.165, 1.54) is 12.1 Å². The number of carbonyl (C=O) groups is 6. The maximum atomic E-state index is 13.9. The Bertz CT molecular complexity index is 1930. The number of aromatic hydroxyl groups is 1. The molecule has 318 valence electrons. The normalized spacial score (nSPS) is 20.0. The van der Waals surface area contributed by atoms with Crippen molar-refractivity contribution in [1.29, 1.82) is 5.26 Å². The summed E-state index contributed by atoms with van der Waals surface area (Å²) in [5, 5.41) is 26.8. The molecule has 3 aliphatic rings. The predicted molar refractivity (Wildman–Crippen MR) is 204 cm³/mol. The Morgan fingerprint density at radius 2 is 1.71 bits per heavy atom. The number of amides is 5.